The second-order valence-electron chi connectivity index (χ2n) is 7.39. The number of hydrogen-bond acceptors (Lipinski definition) is 2. The quantitative estimate of drug-likeness (QED) is 0.522. The van der Waals surface area contributed by atoms with Crippen molar-refractivity contribution < 1.29 is 4.79 Å². The molecule has 0 spiro atoms. The first-order chi connectivity index (χ1) is 13.5. The highest BCUT2D eigenvalue weighted by atomic mass is 16.1. The second kappa shape index (κ2) is 7.43. The van der Waals surface area contributed by atoms with Gasteiger partial charge < -0.3 is 5.32 Å². The Bertz CT molecular complexity index is 1180. The zero-order valence-electron chi connectivity index (χ0n) is 16.5. The van der Waals surface area contributed by atoms with Crippen molar-refractivity contribution in [1.82, 2.24) is 10.3 Å². The first-order valence-corrected chi connectivity index (χ1v) is 9.66. The molecule has 0 aliphatic carbocycles. The Labute approximate surface area is 165 Å². The van der Waals surface area contributed by atoms with Crippen molar-refractivity contribution in [3.8, 4) is 0 Å². The lowest BCUT2D eigenvalue weighted by Crippen LogP contribution is -2.28. The Morgan fingerprint density at radius 1 is 0.964 bits per heavy atom. The third-order valence-electron chi connectivity index (χ3n) is 5.47. The SMILES string of the molecule is Cc1nc2ccccc2c(C)c1CC(=O)NC(C)c1ccc2ccccc2c1. The molecule has 3 nitrogen and oxygen atoms in total. The van der Waals surface area contributed by atoms with Crippen LogP contribution in [0.2, 0.25) is 0 Å². The van der Waals surface area contributed by atoms with Crippen LogP contribution in [0.25, 0.3) is 21.7 Å². The maximum atomic E-state index is 12.8. The Kier molecular flexibility index (Phi) is 4.82. The molecule has 0 aliphatic rings. The molecule has 1 amide bonds. The number of aryl methyl sites for hydroxylation is 2. The minimum Gasteiger partial charge on any atom is -0.349 e. The van der Waals surface area contributed by atoms with Gasteiger partial charge >= 0.3 is 0 Å². The average Bonchev–Trinajstić information content (AvgIpc) is 2.70. The van der Waals surface area contributed by atoms with E-state index < -0.39 is 0 Å². The van der Waals surface area contributed by atoms with Crippen LogP contribution in [0.3, 0.4) is 0 Å². The third kappa shape index (κ3) is 3.48. The van der Waals surface area contributed by atoms with E-state index in [0.29, 0.717) is 6.42 Å². The lowest BCUT2D eigenvalue weighted by atomic mass is 9.98. The lowest BCUT2D eigenvalue weighted by molar-refractivity contribution is -0.121. The maximum absolute atomic E-state index is 12.8. The summed E-state index contributed by atoms with van der Waals surface area (Å²) in [5, 5.41) is 6.65. The number of aromatic nitrogens is 1. The van der Waals surface area contributed by atoms with Gasteiger partial charge in [-0.3, -0.25) is 9.78 Å². The topological polar surface area (TPSA) is 42.0 Å². The van der Waals surface area contributed by atoms with Gasteiger partial charge in [-0.1, -0.05) is 54.6 Å². The molecule has 0 saturated heterocycles. The van der Waals surface area contributed by atoms with Crippen molar-refractivity contribution >= 4 is 27.6 Å². The van der Waals surface area contributed by atoms with E-state index in [1.807, 2.05) is 44.2 Å². The smallest absolute Gasteiger partial charge is 0.224 e. The van der Waals surface area contributed by atoms with Crippen molar-refractivity contribution in [3.05, 3.63) is 89.1 Å². The van der Waals surface area contributed by atoms with Crippen LogP contribution in [0.1, 0.15) is 35.3 Å². The zero-order chi connectivity index (χ0) is 19.7. The standard InChI is InChI=1S/C25H24N2O/c1-16-22-10-6-7-11-24(22)26-18(3)23(16)15-25(28)27-17(2)20-13-12-19-8-4-5-9-21(19)14-20/h4-14,17H,15H2,1-3H3,(H,27,28). The highest BCUT2D eigenvalue weighted by molar-refractivity contribution is 5.87. The second-order valence-corrected chi connectivity index (χ2v) is 7.39. The lowest BCUT2D eigenvalue weighted by Gasteiger charge is -2.17. The monoisotopic (exact) mass is 368 g/mol. The molecule has 1 unspecified atom stereocenters. The number of benzene rings is 3. The van der Waals surface area contributed by atoms with Crippen LogP contribution in [0, 0.1) is 13.8 Å². The molecule has 3 aromatic carbocycles. The third-order valence-corrected chi connectivity index (χ3v) is 5.47. The van der Waals surface area contributed by atoms with Crippen LogP contribution in [0.4, 0.5) is 0 Å². The van der Waals surface area contributed by atoms with Crippen molar-refractivity contribution in [2.45, 2.75) is 33.2 Å². The number of nitrogens with one attached hydrogen (secondary N) is 1. The fourth-order valence-electron chi connectivity index (χ4n) is 3.84. The normalized spacial score (nSPS) is 12.2. The van der Waals surface area contributed by atoms with E-state index in [2.05, 4.69) is 53.6 Å². The number of pyridine rings is 1. The van der Waals surface area contributed by atoms with Crippen LogP contribution in [-0.4, -0.2) is 10.9 Å². The summed E-state index contributed by atoms with van der Waals surface area (Å²) in [4.78, 5) is 17.4. The molecular formula is C25H24N2O. The predicted octanol–water partition coefficient (Wildman–Crippen LogP) is 5.42. The minimum atomic E-state index is -0.0499. The Balaban J connectivity index is 1.54. The number of hydrogen-bond donors (Lipinski definition) is 1. The van der Waals surface area contributed by atoms with Gasteiger partial charge in [0.25, 0.3) is 0 Å². The van der Waals surface area contributed by atoms with E-state index in [-0.39, 0.29) is 11.9 Å². The van der Waals surface area contributed by atoms with Gasteiger partial charge in [0.1, 0.15) is 0 Å². The summed E-state index contributed by atoms with van der Waals surface area (Å²) in [6, 6.07) is 22.6. The van der Waals surface area contributed by atoms with E-state index in [4.69, 9.17) is 0 Å². The van der Waals surface area contributed by atoms with Gasteiger partial charge in [0.2, 0.25) is 5.91 Å². The van der Waals surface area contributed by atoms with Crippen LogP contribution < -0.4 is 5.32 Å². The number of fused-ring (bicyclic) bond motifs is 2. The molecule has 0 aliphatic heterocycles. The first-order valence-electron chi connectivity index (χ1n) is 9.66. The molecule has 0 bridgehead atoms. The number of nitrogens with zero attached hydrogens (tertiary/aromatic N) is 1. The van der Waals surface area contributed by atoms with Gasteiger partial charge in [-0.2, -0.15) is 0 Å². The number of para-hydroxylation sites is 1. The summed E-state index contributed by atoms with van der Waals surface area (Å²) < 4.78 is 0. The minimum absolute atomic E-state index is 0.0175. The molecule has 0 fully saturated rings. The molecule has 1 aromatic heterocycles. The molecule has 1 N–H and O–H groups in total. The summed E-state index contributed by atoms with van der Waals surface area (Å²) in [7, 11) is 0. The van der Waals surface area contributed by atoms with Crippen LogP contribution in [0.5, 0.6) is 0 Å². The molecular weight excluding hydrogens is 344 g/mol. The fourth-order valence-corrected chi connectivity index (χ4v) is 3.84. The van der Waals surface area contributed by atoms with Crippen molar-refractivity contribution in [3.63, 3.8) is 0 Å². The molecule has 4 rings (SSSR count). The van der Waals surface area contributed by atoms with E-state index in [1.54, 1.807) is 0 Å². The molecule has 3 heteroatoms. The molecule has 1 atom stereocenters. The van der Waals surface area contributed by atoms with E-state index in [9.17, 15) is 4.79 Å². The number of carbonyl (C=O) groups is 1. The molecule has 0 radical (unpaired) electrons. The fraction of sp³-hybridized carbons (Fsp3) is 0.200. The van der Waals surface area contributed by atoms with Gasteiger partial charge in [-0.25, -0.2) is 0 Å². The Morgan fingerprint density at radius 3 is 2.50 bits per heavy atom. The van der Waals surface area contributed by atoms with Crippen molar-refractivity contribution in [2.75, 3.05) is 0 Å². The van der Waals surface area contributed by atoms with Gasteiger partial charge in [-0.05, 0) is 60.4 Å². The van der Waals surface area contributed by atoms with E-state index in [1.165, 1.54) is 10.8 Å². The largest absolute Gasteiger partial charge is 0.349 e. The zero-order valence-corrected chi connectivity index (χ0v) is 16.5. The molecule has 0 saturated carbocycles. The Hall–Kier alpha value is -3.20. The molecule has 140 valence electrons. The van der Waals surface area contributed by atoms with Crippen molar-refractivity contribution in [1.29, 1.82) is 0 Å². The first kappa shape index (κ1) is 18.2. The van der Waals surface area contributed by atoms with Crippen molar-refractivity contribution in [2.24, 2.45) is 0 Å². The summed E-state index contributed by atoms with van der Waals surface area (Å²) in [6.07, 6.45) is 0.341. The molecule has 28 heavy (non-hydrogen) atoms. The van der Waals surface area contributed by atoms with Gasteiger partial charge in [0.15, 0.2) is 0 Å². The van der Waals surface area contributed by atoms with Gasteiger partial charge in [0.05, 0.1) is 18.0 Å². The Morgan fingerprint density at radius 2 is 1.68 bits per heavy atom. The number of rotatable bonds is 4. The highest BCUT2D eigenvalue weighted by Gasteiger charge is 2.15. The van der Waals surface area contributed by atoms with Gasteiger partial charge in [-0.15, -0.1) is 0 Å². The van der Waals surface area contributed by atoms with Gasteiger partial charge in [0, 0.05) is 11.1 Å². The number of amides is 1. The average molecular weight is 368 g/mol. The summed E-state index contributed by atoms with van der Waals surface area (Å²) in [5.41, 5.74) is 5.16. The molecule has 1 heterocycles. The maximum Gasteiger partial charge on any atom is 0.224 e. The predicted molar refractivity (Wildman–Crippen MR) is 115 cm³/mol. The number of carbonyl (C=O) groups excluding carboxylic acids is 1. The molecule has 4 aromatic rings. The van der Waals surface area contributed by atoms with Crippen LogP contribution in [0.15, 0.2) is 66.7 Å². The van der Waals surface area contributed by atoms with E-state index in [0.717, 1.165) is 33.3 Å². The van der Waals surface area contributed by atoms with E-state index >= 15 is 0 Å². The summed E-state index contributed by atoms with van der Waals surface area (Å²) in [6.45, 7) is 6.08. The summed E-state index contributed by atoms with van der Waals surface area (Å²) in [5.74, 6) is 0.0175. The summed E-state index contributed by atoms with van der Waals surface area (Å²) >= 11 is 0. The van der Waals surface area contributed by atoms with Crippen LogP contribution in [-0.2, 0) is 11.2 Å². The highest BCUT2D eigenvalue weighted by Crippen LogP contribution is 2.24. The van der Waals surface area contributed by atoms with Crippen LogP contribution >= 0.6 is 0 Å².